The van der Waals surface area contributed by atoms with Gasteiger partial charge in [-0.15, -0.1) is 0 Å². The van der Waals surface area contributed by atoms with Gasteiger partial charge < -0.3 is 5.32 Å². The van der Waals surface area contributed by atoms with Gasteiger partial charge in [-0.3, -0.25) is 14.9 Å². The number of rotatable bonds is 5. The summed E-state index contributed by atoms with van der Waals surface area (Å²) < 4.78 is 1.69. The van der Waals surface area contributed by atoms with E-state index in [-0.39, 0.29) is 17.5 Å². The molecule has 0 bridgehead atoms. The van der Waals surface area contributed by atoms with E-state index in [1.807, 2.05) is 26.0 Å². The quantitative estimate of drug-likeness (QED) is 0.477. The molecule has 28 heavy (non-hydrogen) atoms. The van der Waals surface area contributed by atoms with E-state index in [0.29, 0.717) is 16.3 Å². The van der Waals surface area contributed by atoms with Crippen molar-refractivity contribution in [2.75, 3.05) is 5.32 Å². The molecule has 0 aliphatic heterocycles. The summed E-state index contributed by atoms with van der Waals surface area (Å²) in [5.41, 5.74) is 2.92. The summed E-state index contributed by atoms with van der Waals surface area (Å²) in [5, 5.41) is 18.7. The van der Waals surface area contributed by atoms with Crippen LogP contribution in [0.2, 0.25) is 5.02 Å². The third-order valence-electron chi connectivity index (χ3n) is 4.33. The minimum Gasteiger partial charge on any atom is -0.321 e. The molecule has 8 heteroatoms. The highest BCUT2D eigenvalue weighted by atomic mass is 35.5. The second-order valence-electron chi connectivity index (χ2n) is 6.70. The Morgan fingerprint density at radius 1 is 1.25 bits per heavy atom. The molecule has 0 aliphatic rings. The van der Waals surface area contributed by atoms with E-state index in [1.165, 1.54) is 18.3 Å². The van der Waals surface area contributed by atoms with Crippen LogP contribution < -0.4 is 5.32 Å². The molecular weight excluding hydrogens is 380 g/mol. The Morgan fingerprint density at radius 2 is 2.00 bits per heavy atom. The minimum absolute atomic E-state index is 0.00781. The molecule has 0 spiro atoms. The van der Waals surface area contributed by atoms with Crippen LogP contribution in [0.25, 0.3) is 5.69 Å². The average Bonchev–Trinajstić information content (AvgIpc) is 3.09. The van der Waals surface area contributed by atoms with E-state index in [1.54, 1.807) is 29.8 Å². The first-order valence-corrected chi connectivity index (χ1v) is 9.06. The summed E-state index contributed by atoms with van der Waals surface area (Å²) in [5.74, 6) is -0.367. The molecule has 1 heterocycles. The van der Waals surface area contributed by atoms with Crippen LogP contribution >= 0.6 is 11.6 Å². The summed E-state index contributed by atoms with van der Waals surface area (Å²) in [6.45, 7) is 5.71. The van der Waals surface area contributed by atoms with E-state index in [2.05, 4.69) is 10.4 Å². The molecule has 1 aromatic heterocycles. The molecule has 0 unspecified atom stereocenters. The van der Waals surface area contributed by atoms with Crippen LogP contribution in [0.3, 0.4) is 0 Å². The Kier molecular flexibility index (Phi) is 5.46. The Bertz CT molecular complexity index is 1060. The van der Waals surface area contributed by atoms with Gasteiger partial charge in [-0.1, -0.05) is 37.6 Å². The van der Waals surface area contributed by atoms with Gasteiger partial charge >= 0.3 is 0 Å². The van der Waals surface area contributed by atoms with Crippen LogP contribution in [0.1, 0.15) is 41.4 Å². The number of benzene rings is 2. The molecule has 3 aromatic rings. The smallest absolute Gasteiger partial charge is 0.271 e. The van der Waals surface area contributed by atoms with Gasteiger partial charge in [0.05, 0.1) is 33.8 Å². The number of anilines is 1. The number of hydrogen-bond acceptors (Lipinski definition) is 4. The van der Waals surface area contributed by atoms with Crippen molar-refractivity contribution in [3.8, 4) is 5.69 Å². The van der Waals surface area contributed by atoms with Gasteiger partial charge in [-0.05, 0) is 36.6 Å². The zero-order valence-electron chi connectivity index (χ0n) is 15.6. The first-order chi connectivity index (χ1) is 13.3. The number of amides is 1. The lowest BCUT2D eigenvalue weighted by Gasteiger charge is -2.14. The predicted molar refractivity (Wildman–Crippen MR) is 108 cm³/mol. The van der Waals surface area contributed by atoms with Crippen LogP contribution in [-0.2, 0) is 0 Å². The standard InChI is InChI=1S/C20H19ClN4O3/c1-12(2)19-17(11-22-24(19)15-6-4-5-14(21)9-15)20(26)23-18-10-16(25(27)28)8-7-13(18)3/h4-12H,1-3H3,(H,23,26). The topological polar surface area (TPSA) is 90.1 Å². The Balaban J connectivity index is 1.99. The number of aromatic nitrogens is 2. The third kappa shape index (κ3) is 3.89. The molecule has 3 rings (SSSR count). The lowest BCUT2D eigenvalue weighted by atomic mass is 10.0. The van der Waals surface area contributed by atoms with Gasteiger partial charge in [0.25, 0.3) is 11.6 Å². The first kappa shape index (κ1) is 19.6. The Morgan fingerprint density at radius 3 is 2.64 bits per heavy atom. The lowest BCUT2D eigenvalue weighted by molar-refractivity contribution is -0.384. The average molecular weight is 399 g/mol. The maximum absolute atomic E-state index is 12.9. The Hall–Kier alpha value is -3.19. The van der Waals surface area contributed by atoms with Gasteiger partial charge in [0.1, 0.15) is 0 Å². The summed E-state index contributed by atoms with van der Waals surface area (Å²) in [6, 6.07) is 11.6. The fourth-order valence-corrected chi connectivity index (χ4v) is 3.13. The number of nitro groups is 1. The third-order valence-corrected chi connectivity index (χ3v) is 4.57. The van der Waals surface area contributed by atoms with E-state index in [4.69, 9.17) is 11.6 Å². The normalized spacial score (nSPS) is 10.9. The molecule has 0 atom stereocenters. The zero-order chi connectivity index (χ0) is 20.4. The van der Waals surface area contributed by atoms with Gasteiger partial charge in [0.15, 0.2) is 0 Å². The van der Waals surface area contributed by atoms with Crippen LogP contribution in [0.5, 0.6) is 0 Å². The van der Waals surface area contributed by atoms with E-state index >= 15 is 0 Å². The fourth-order valence-electron chi connectivity index (χ4n) is 2.95. The molecule has 0 aliphatic carbocycles. The molecule has 1 amide bonds. The number of halogens is 1. The van der Waals surface area contributed by atoms with Crippen molar-refractivity contribution in [3.63, 3.8) is 0 Å². The molecule has 144 valence electrons. The fraction of sp³-hybridized carbons (Fsp3) is 0.200. The number of aryl methyl sites for hydroxylation is 1. The number of nitro benzene ring substituents is 1. The van der Waals surface area contributed by atoms with Crippen molar-refractivity contribution in [2.24, 2.45) is 0 Å². The second kappa shape index (κ2) is 7.82. The summed E-state index contributed by atoms with van der Waals surface area (Å²) >= 11 is 6.09. The van der Waals surface area contributed by atoms with Crippen molar-refractivity contribution >= 4 is 28.9 Å². The highest BCUT2D eigenvalue weighted by molar-refractivity contribution is 6.30. The second-order valence-corrected chi connectivity index (χ2v) is 7.14. The van der Waals surface area contributed by atoms with Gasteiger partial charge in [0, 0.05) is 17.2 Å². The van der Waals surface area contributed by atoms with E-state index in [9.17, 15) is 14.9 Å². The van der Waals surface area contributed by atoms with Crippen LogP contribution in [0.4, 0.5) is 11.4 Å². The maximum Gasteiger partial charge on any atom is 0.271 e. The number of hydrogen-bond donors (Lipinski definition) is 1. The highest BCUT2D eigenvalue weighted by Gasteiger charge is 2.22. The van der Waals surface area contributed by atoms with Crippen molar-refractivity contribution in [2.45, 2.75) is 26.7 Å². The lowest BCUT2D eigenvalue weighted by Crippen LogP contribution is -2.16. The SMILES string of the molecule is Cc1ccc([N+](=O)[O-])cc1NC(=O)c1cnn(-c2cccc(Cl)c2)c1C(C)C. The van der Waals surface area contributed by atoms with E-state index in [0.717, 1.165) is 16.9 Å². The predicted octanol–water partition coefficient (Wildman–Crippen LogP) is 5.12. The van der Waals surface area contributed by atoms with Crippen molar-refractivity contribution in [3.05, 3.63) is 80.6 Å². The molecule has 0 saturated heterocycles. The Labute approximate surface area is 167 Å². The zero-order valence-corrected chi connectivity index (χ0v) is 16.4. The minimum atomic E-state index is -0.494. The largest absolute Gasteiger partial charge is 0.321 e. The van der Waals surface area contributed by atoms with Gasteiger partial charge in [-0.2, -0.15) is 5.10 Å². The van der Waals surface area contributed by atoms with Gasteiger partial charge in [0.2, 0.25) is 0 Å². The number of non-ortho nitro benzene ring substituents is 1. The molecule has 2 aromatic carbocycles. The molecule has 0 radical (unpaired) electrons. The van der Waals surface area contributed by atoms with E-state index < -0.39 is 4.92 Å². The van der Waals surface area contributed by atoms with Crippen LogP contribution in [0.15, 0.2) is 48.7 Å². The highest BCUT2D eigenvalue weighted by Crippen LogP contribution is 2.27. The number of nitrogens with zero attached hydrogens (tertiary/aromatic N) is 3. The molecular formula is C20H19ClN4O3. The van der Waals surface area contributed by atoms with Crippen molar-refractivity contribution < 1.29 is 9.72 Å². The van der Waals surface area contributed by atoms with Crippen LogP contribution in [-0.4, -0.2) is 20.6 Å². The monoisotopic (exact) mass is 398 g/mol. The summed E-state index contributed by atoms with van der Waals surface area (Å²) in [4.78, 5) is 23.4. The maximum atomic E-state index is 12.9. The van der Waals surface area contributed by atoms with Crippen molar-refractivity contribution in [1.82, 2.24) is 9.78 Å². The van der Waals surface area contributed by atoms with Gasteiger partial charge in [-0.25, -0.2) is 4.68 Å². The number of carbonyl (C=O) groups excluding carboxylic acids is 1. The summed E-state index contributed by atoms with van der Waals surface area (Å²) in [7, 11) is 0. The number of carbonyl (C=O) groups is 1. The molecule has 1 N–H and O–H groups in total. The van der Waals surface area contributed by atoms with Crippen LogP contribution in [0, 0.1) is 17.0 Å². The summed E-state index contributed by atoms with van der Waals surface area (Å²) in [6.07, 6.45) is 1.50. The molecule has 7 nitrogen and oxygen atoms in total. The number of nitrogens with one attached hydrogen (secondary N) is 1. The molecule has 0 saturated carbocycles. The molecule has 0 fully saturated rings. The van der Waals surface area contributed by atoms with Crippen molar-refractivity contribution in [1.29, 1.82) is 0 Å². The first-order valence-electron chi connectivity index (χ1n) is 8.68.